The topological polar surface area (TPSA) is 47.0 Å². The second-order valence-corrected chi connectivity index (χ2v) is 7.35. The number of halogens is 1. The molecule has 24 heavy (non-hydrogen) atoms. The minimum Gasteiger partial charge on any atom is -0.497 e. The molecule has 2 aromatic heterocycles. The molecule has 0 unspecified atom stereocenters. The molecule has 0 aliphatic heterocycles. The Morgan fingerprint density at radius 2 is 1.88 bits per heavy atom. The largest absolute Gasteiger partial charge is 0.497 e. The van der Waals surface area contributed by atoms with Crippen molar-refractivity contribution < 1.29 is 4.74 Å². The first kappa shape index (κ1) is 15.4. The van der Waals surface area contributed by atoms with E-state index in [1.54, 1.807) is 29.8 Å². The molecule has 4 nitrogen and oxygen atoms in total. The number of rotatable bonds is 4. The van der Waals surface area contributed by atoms with Gasteiger partial charge in [0.2, 0.25) is 0 Å². The van der Waals surface area contributed by atoms with E-state index in [1.165, 1.54) is 0 Å². The van der Waals surface area contributed by atoms with E-state index in [-0.39, 0.29) is 0 Å². The summed E-state index contributed by atoms with van der Waals surface area (Å²) in [5.41, 5.74) is 2.90. The Labute approximate surface area is 151 Å². The Kier molecular flexibility index (Phi) is 4.10. The minimum absolute atomic E-state index is 0.720. The van der Waals surface area contributed by atoms with E-state index in [9.17, 15) is 0 Å². The van der Waals surface area contributed by atoms with Gasteiger partial charge in [0, 0.05) is 16.0 Å². The molecule has 2 heterocycles. The van der Waals surface area contributed by atoms with Crippen LogP contribution in [-0.4, -0.2) is 17.1 Å². The fraction of sp³-hybridized carbons (Fsp3) is 0.0588. The Balaban J connectivity index is 1.58. The van der Waals surface area contributed by atoms with Gasteiger partial charge in [0.1, 0.15) is 5.75 Å². The van der Waals surface area contributed by atoms with Gasteiger partial charge in [-0.1, -0.05) is 35.1 Å². The molecule has 0 fully saturated rings. The Bertz CT molecular complexity index is 995. The molecular weight excluding hydrogens is 362 g/mol. The maximum atomic E-state index is 5.93. The number of nitrogens with one attached hydrogen (secondary N) is 1. The van der Waals surface area contributed by atoms with E-state index in [4.69, 9.17) is 16.3 Å². The zero-order valence-electron chi connectivity index (χ0n) is 12.6. The first-order chi connectivity index (χ1) is 11.7. The summed E-state index contributed by atoms with van der Waals surface area (Å²) in [4.78, 5) is 9.19. The zero-order chi connectivity index (χ0) is 16.5. The van der Waals surface area contributed by atoms with Crippen molar-refractivity contribution in [3.63, 3.8) is 0 Å². The van der Waals surface area contributed by atoms with E-state index in [0.717, 1.165) is 42.5 Å². The van der Waals surface area contributed by atoms with Crippen LogP contribution in [0.2, 0.25) is 5.02 Å². The Morgan fingerprint density at radius 3 is 2.67 bits per heavy atom. The average molecular weight is 374 g/mol. The monoisotopic (exact) mass is 373 g/mol. The number of fused-ring (bicyclic) bond motifs is 1. The number of methoxy groups -OCH3 is 1. The predicted molar refractivity (Wildman–Crippen MR) is 102 cm³/mol. The lowest BCUT2D eigenvalue weighted by Crippen LogP contribution is -1.88. The molecule has 1 N–H and O–H groups in total. The van der Waals surface area contributed by atoms with Crippen LogP contribution in [0.5, 0.6) is 5.75 Å². The lowest BCUT2D eigenvalue weighted by molar-refractivity contribution is 0.415. The molecule has 7 heteroatoms. The van der Waals surface area contributed by atoms with Crippen molar-refractivity contribution >= 4 is 54.8 Å². The second kappa shape index (κ2) is 6.39. The van der Waals surface area contributed by atoms with E-state index in [2.05, 4.69) is 15.3 Å². The highest BCUT2D eigenvalue weighted by atomic mass is 35.5. The summed E-state index contributed by atoms with van der Waals surface area (Å²) in [5.74, 6) is 0.831. The molecule has 4 rings (SSSR count). The highest BCUT2D eigenvalue weighted by Gasteiger charge is 2.09. The number of thiazole rings is 2. The summed E-state index contributed by atoms with van der Waals surface area (Å²) in [5, 5.41) is 7.64. The maximum absolute atomic E-state index is 5.93. The van der Waals surface area contributed by atoms with Crippen molar-refractivity contribution in [1.29, 1.82) is 0 Å². The number of anilines is 2. The lowest BCUT2D eigenvalue weighted by atomic mass is 10.2. The third kappa shape index (κ3) is 3.08. The van der Waals surface area contributed by atoms with Crippen LogP contribution in [0, 0.1) is 0 Å². The van der Waals surface area contributed by atoms with Gasteiger partial charge in [0.25, 0.3) is 0 Å². The molecule has 0 spiro atoms. The fourth-order valence-electron chi connectivity index (χ4n) is 2.26. The van der Waals surface area contributed by atoms with E-state index < -0.39 is 0 Å². The second-order valence-electron chi connectivity index (χ2n) is 5.02. The van der Waals surface area contributed by atoms with E-state index in [0.29, 0.717) is 0 Å². The molecule has 0 amide bonds. The summed E-state index contributed by atoms with van der Waals surface area (Å²) >= 11 is 9.05. The van der Waals surface area contributed by atoms with Crippen LogP contribution >= 0.6 is 34.3 Å². The minimum atomic E-state index is 0.720. The fourth-order valence-corrected chi connectivity index (χ4v) is 4.06. The van der Waals surface area contributed by atoms with Crippen LogP contribution in [0.3, 0.4) is 0 Å². The van der Waals surface area contributed by atoms with Crippen molar-refractivity contribution in [2.75, 3.05) is 12.4 Å². The Morgan fingerprint density at radius 1 is 1.04 bits per heavy atom. The summed E-state index contributed by atoms with van der Waals surface area (Å²) in [7, 11) is 1.66. The average Bonchev–Trinajstić information content (AvgIpc) is 3.21. The number of benzene rings is 2. The van der Waals surface area contributed by atoms with Crippen LogP contribution in [0.25, 0.3) is 21.5 Å². The van der Waals surface area contributed by atoms with Gasteiger partial charge in [-0.15, -0.1) is 11.3 Å². The van der Waals surface area contributed by atoms with Crippen LogP contribution in [0.1, 0.15) is 0 Å². The number of nitrogens with zero attached hydrogens (tertiary/aromatic N) is 2. The van der Waals surface area contributed by atoms with Crippen LogP contribution in [-0.2, 0) is 0 Å². The third-order valence-electron chi connectivity index (χ3n) is 3.45. The molecule has 0 atom stereocenters. The SMILES string of the molecule is COc1ccc2nc(Nc3nc(-c4ccc(Cl)cc4)cs3)sc2c1. The molecule has 2 aromatic carbocycles. The van der Waals surface area contributed by atoms with Crippen molar-refractivity contribution in [3.05, 3.63) is 52.9 Å². The highest BCUT2D eigenvalue weighted by molar-refractivity contribution is 7.22. The first-order valence-electron chi connectivity index (χ1n) is 7.14. The van der Waals surface area contributed by atoms with E-state index >= 15 is 0 Å². The predicted octanol–water partition coefficient (Wildman–Crippen LogP) is 5.83. The van der Waals surface area contributed by atoms with E-state index in [1.807, 2.05) is 47.8 Å². The van der Waals surface area contributed by atoms with Crippen molar-refractivity contribution in [2.24, 2.45) is 0 Å². The van der Waals surface area contributed by atoms with Gasteiger partial charge >= 0.3 is 0 Å². The molecule has 0 aliphatic carbocycles. The van der Waals surface area contributed by atoms with Gasteiger partial charge in [-0.25, -0.2) is 9.97 Å². The van der Waals surface area contributed by atoms with Crippen molar-refractivity contribution in [2.45, 2.75) is 0 Å². The number of aromatic nitrogens is 2. The van der Waals surface area contributed by atoms with Crippen molar-refractivity contribution in [1.82, 2.24) is 9.97 Å². The van der Waals surface area contributed by atoms with Gasteiger partial charge in [-0.3, -0.25) is 0 Å². The maximum Gasteiger partial charge on any atom is 0.190 e. The highest BCUT2D eigenvalue weighted by Crippen LogP contribution is 2.33. The van der Waals surface area contributed by atoms with Crippen LogP contribution in [0.15, 0.2) is 47.8 Å². The van der Waals surface area contributed by atoms with Gasteiger partial charge < -0.3 is 10.1 Å². The number of hydrogen-bond donors (Lipinski definition) is 1. The molecule has 120 valence electrons. The molecule has 0 saturated carbocycles. The standard InChI is InChI=1S/C17H12ClN3OS2/c1-22-12-6-7-13-15(8-12)24-17(19-13)21-16-20-14(9-23-16)10-2-4-11(18)5-3-10/h2-9H,1H3,(H,19,20,21). The third-order valence-corrected chi connectivity index (χ3v) is 5.40. The van der Waals surface area contributed by atoms with Gasteiger partial charge in [0.15, 0.2) is 10.3 Å². The normalized spacial score (nSPS) is 10.9. The van der Waals surface area contributed by atoms with Gasteiger partial charge in [-0.05, 0) is 30.3 Å². The summed E-state index contributed by atoms with van der Waals surface area (Å²) in [6, 6.07) is 13.5. The molecule has 4 aromatic rings. The summed E-state index contributed by atoms with van der Waals surface area (Å²) in [6.45, 7) is 0. The van der Waals surface area contributed by atoms with Gasteiger partial charge in [0.05, 0.1) is 23.0 Å². The molecule has 0 saturated heterocycles. The van der Waals surface area contributed by atoms with Crippen LogP contribution in [0.4, 0.5) is 10.3 Å². The Hall–Kier alpha value is -2.15. The molecular formula is C17H12ClN3OS2. The smallest absolute Gasteiger partial charge is 0.190 e. The van der Waals surface area contributed by atoms with Crippen LogP contribution < -0.4 is 10.1 Å². The lowest BCUT2D eigenvalue weighted by Gasteiger charge is -1.97. The molecule has 0 bridgehead atoms. The van der Waals surface area contributed by atoms with Crippen molar-refractivity contribution in [3.8, 4) is 17.0 Å². The zero-order valence-corrected chi connectivity index (χ0v) is 15.0. The number of ether oxygens (including phenoxy) is 1. The van der Waals surface area contributed by atoms with Gasteiger partial charge in [-0.2, -0.15) is 0 Å². The quantitative estimate of drug-likeness (QED) is 0.489. The molecule has 0 radical (unpaired) electrons. The number of hydrogen-bond acceptors (Lipinski definition) is 6. The first-order valence-corrected chi connectivity index (χ1v) is 9.22. The molecule has 0 aliphatic rings. The summed E-state index contributed by atoms with van der Waals surface area (Å²) < 4.78 is 6.32. The summed E-state index contributed by atoms with van der Waals surface area (Å²) in [6.07, 6.45) is 0.